The van der Waals surface area contributed by atoms with Gasteiger partial charge in [-0.3, -0.25) is 0 Å². The quantitative estimate of drug-likeness (QED) is 0.0717. The first-order chi connectivity index (χ1) is 30.7. The van der Waals surface area contributed by atoms with Gasteiger partial charge in [-0.25, -0.2) is 0 Å². The highest BCUT2D eigenvalue weighted by Gasteiger charge is 2.55. The Morgan fingerprint density at radius 3 is 1.42 bits per heavy atom. The van der Waals surface area contributed by atoms with E-state index in [0.717, 1.165) is 23.7 Å². The molecule has 8 rings (SSSR count). The monoisotopic (exact) mass is 1000 g/mol. The summed E-state index contributed by atoms with van der Waals surface area (Å²) < 4.78 is 27.4. The topological polar surface area (TPSA) is 36.9 Å². The second kappa shape index (κ2) is 20.1. The van der Waals surface area contributed by atoms with Gasteiger partial charge >= 0.3 is 14.2 Å². The molecule has 65 heavy (non-hydrogen) atoms. The normalized spacial score (nSPS) is 20.7. The second-order valence-electron chi connectivity index (χ2n) is 21.2. The van der Waals surface area contributed by atoms with Crippen molar-refractivity contribution in [3.05, 3.63) is 146 Å². The summed E-state index contributed by atoms with van der Waals surface area (Å²) in [5.41, 5.74) is 14.1. The number of hydrogen-bond donors (Lipinski definition) is 0. The molecule has 2 aliphatic heterocycles. The molecule has 2 heterocycles. The van der Waals surface area contributed by atoms with Crippen LogP contribution in [0.5, 0.6) is 0 Å². The van der Waals surface area contributed by atoms with Crippen LogP contribution in [0.25, 0.3) is 5.57 Å². The van der Waals surface area contributed by atoms with Crippen LogP contribution in [0.2, 0.25) is 0 Å². The fourth-order valence-corrected chi connectivity index (χ4v) is 10.8. The summed E-state index contributed by atoms with van der Waals surface area (Å²) in [7, 11) is -0.698. The van der Waals surface area contributed by atoms with Crippen LogP contribution in [0.4, 0.5) is 0 Å². The number of benzene rings is 4. The van der Waals surface area contributed by atoms with Gasteiger partial charge in [0, 0.05) is 9.30 Å². The van der Waals surface area contributed by atoms with Crippen LogP contribution in [0.1, 0.15) is 172 Å². The van der Waals surface area contributed by atoms with Gasteiger partial charge in [0.2, 0.25) is 0 Å². The molecule has 0 radical (unpaired) electrons. The predicted octanol–water partition coefficient (Wildman–Crippen LogP) is 14.4. The maximum Gasteiger partial charge on any atom is 0.495 e. The Morgan fingerprint density at radius 2 is 1.00 bits per heavy atom. The van der Waals surface area contributed by atoms with Crippen LogP contribution in [0, 0.1) is 13.8 Å². The van der Waals surface area contributed by atoms with Gasteiger partial charge < -0.3 is 18.6 Å². The molecule has 4 aromatic rings. The van der Waals surface area contributed by atoms with Crippen molar-refractivity contribution in [1.29, 1.82) is 0 Å². The van der Waals surface area contributed by atoms with Crippen LogP contribution in [-0.2, 0) is 36.9 Å². The lowest BCUT2D eigenvalue weighted by Crippen LogP contribution is -2.43. The Balaban J connectivity index is 0.000000198. The van der Waals surface area contributed by atoms with E-state index < -0.39 is 0 Å². The maximum absolute atomic E-state index is 6.56. The smallest absolute Gasteiger partial charge is 0.399 e. The highest BCUT2D eigenvalue weighted by molar-refractivity contribution is 9.10. The first kappa shape index (κ1) is 50.2. The van der Waals surface area contributed by atoms with Crippen LogP contribution in [0.3, 0.4) is 0 Å². The molecular weight excluding hydrogens is 930 g/mol. The molecule has 1 unspecified atom stereocenters. The fraction of sp³-hybridized carbons (Fsp3) is 0.509. The first-order valence-corrected chi connectivity index (χ1v) is 26.3. The summed E-state index contributed by atoms with van der Waals surface area (Å²) in [6.07, 6.45) is 17.5. The van der Waals surface area contributed by atoms with Crippen LogP contribution < -0.4 is 10.9 Å². The second-order valence-corrected chi connectivity index (χ2v) is 23.3. The molecule has 346 valence electrons. The summed E-state index contributed by atoms with van der Waals surface area (Å²) in [6, 6.07) is 29.7. The van der Waals surface area contributed by atoms with E-state index in [1.807, 2.05) is 0 Å². The van der Waals surface area contributed by atoms with Crippen molar-refractivity contribution in [2.24, 2.45) is 0 Å². The standard InChI is InChI=1S/C30H52B2O4.C27H22Br2/c1-11-13-15-17-19-23-21-26(32-35-29(7,8)30(9,10)36-32)24(20-18-16-14-12-2)22-25(23)31-33-27(3,4)28(5,6)34-31;1-17-3-7-19(8-4-17)27(20-9-5-18(2)6-10-20)25-15-21(28)11-13-23(25)24-14-12-22(29)16-26(24)27/h21-22H,11-20H2,1-10H3;3-15,22H,16H2,1-2H3. The predicted molar refractivity (Wildman–Crippen MR) is 283 cm³/mol. The van der Waals surface area contributed by atoms with Crippen molar-refractivity contribution in [2.75, 3.05) is 0 Å². The fourth-order valence-electron chi connectivity index (χ4n) is 9.96. The van der Waals surface area contributed by atoms with E-state index in [9.17, 15) is 0 Å². The molecule has 2 saturated heterocycles. The lowest BCUT2D eigenvalue weighted by Gasteiger charge is -2.37. The van der Waals surface area contributed by atoms with E-state index in [4.69, 9.17) is 18.6 Å². The van der Waals surface area contributed by atoms with Gasteiger partial charge in [0.15, 0.2) is 0 Å². The van der Waals surface area contributed by atoms with E-state index >= 15 is 0 Å². The third-order valence-electron chi connectivity index (χ3n) is 15.3. The van der Waals surface area contributed by atoms with E-state index in [0.29, 0.717) is 4.83 Å². The number of fused-ring (bicyclic) bond motifs is 2. The van der Waals surface area contributed by atoms with Gasteiger partial charge in [0.1, 0.15) is 0 Å². The van der Waals surface area contributed by atoms with E-state index in [-0.39, 0.29) is 42.1 Å². The highest BCUT2D eigenvalue weighted by Crippen LogP contribution is 2.58. The number of rotatable bonds is 14. The van der Waals surface area contributed by atoms with E-state index in [2.05, 4.69) is 206 Å². The molecule has 1 atom stereocenters. The number of unbranched alkanes of at least 4 members (excludes halogenated alkanes) is 6. The summed E-state index contributed by atoms with van der Waals surface area (Å²) in [6.45, 7) is 25.9. The van der Waals surface area contributed by atoms with Gasteiger partial charge in [-0.1, -0.05) is 174 Å². The Hall–Kier alpha value is -2.71. The molecule has 0 saturated carbocycles. The van der Waals surface area contributed by atoms with Gasteiger partial charge in [0.25, 0.3) is 0 Å². The lowest BCUT2D eigenvalue weighted by molar-refractivity contribution is 0.00578. The Bertz CT molecular complexity index is 2210. The van der Waals surface area contributed by atoms with Crippen molar-refractivity contribution in [2.45, 2.75) is 186 Å². The minimum atomic E-state index is -0.358. The zero-order valence-electron chi connectivity index (χ0n) is 41.6. The molecule has 0 spiro atoms. The molecule has 2 aliphatic carbocycles. The van der Waals surface area contributed by atoms with E-state index in [1.165, 1.54) is 118 Å². The van der Waals surface area contributed by atoms with Gasteiger partial charge in [-0.2, -0.15) is 0 Å². The van der Waals surface area contributed by atoms with Crippen molar-refractivity contribution in [3.63, 3.8) is 0 Å². The van der Waals surface area contributed by atoms with Gasteiger partial charge in [0.05, 0.1) is 27.8 Å². The Morgan fingerprint density at radius 1 is 0.569 bits per heavy atom. The average molecular weight is 1000 g/mol. The molecule has 4 aliphatic rings. The van der Waals surface area contributed by atoms with Gasteiger partial charge in [-0.15, -0.1) is 0 Å². The molecule has 0 N–H and O–H groups in total. The zero-order valence-corrected chi connectivity index (χ0v) is 44.7. The molecule has 2 fully saturated rings. The number of halogens is 2. The molecular formula is C57H74B2Br2O4. The molecule has 0 aromatic heterocycles. The summed E-state index contributed by atoms with van der Waals surface area (Å²) in [4.78, 5) is 0.356. The van der Waals surface area contributed by atoms with Gasteiger partial charge in [-0.05, 0) is 169 Å². The molecule has 0 amide bonds. The molecule has 8 heteroatoms. The van der Waals surface area contributed by atoms with Crippen molar-refractivity contribution in [3.8, 4) is 0 Å². The molecule has 4 nitrogen and oxygen atoms in total. The summed E-state index contributed by atoms with van der Waals surface area (Å²) >= 11 is 7.62. The number of aryl methyl sites for hydroxylation is 4. The molecule has 0 bridgehead atoms. The van der Waals surface area contributed by atoms with Crippen molar-refractivity contribution >= 4 is 62.6 Å². The Labute approximate surface area is 410 Å². The number of hydrogen-bond acceptors (Lipinski definition) is 4. The van der Waals surface area contributed by atoms with E-state index in [1.54, 1.807) is 0 Å². The third-order valence-corrected chi connectivity index (χ3v) is 16.4. The van der Waals surface area contributed by atoms with Crippen LogP contribution >= 0.6 is 31.9 Å². The van der Waals surface area contributed by atoms with Crippen LogP contribution in [-0.4, -0.2) is 41.5 Å². The third kappa shape index (κ3) is 10.2. The SMILES string of the molecule is CCCCCCc1cc(B2OC(C)(C)C(C)(C)O2)c(CCCCCC)cc1B1OC(C)(C)C(C)(C)O1.Cc1ccc(C2(c3ccc(C)cc3)C3=C(C=CC(Br)C3)c3ccc(Br)cc32)cc1. The lowest BCUT2D eigenvalue weighted by atomic mass is 9.65. The summed E-state index contributed by atoms with van der Waals surface area (Å²) in [5, 5.41) is 0. The largest absolute Gasteiger partial charge is 0.495 e. The zero-order chi connectivity index (χ0) is 47.0. The Kier molecular flexibility index (Phi) is 15.5. The average Bonchev–Trinajstić information content (AvgIpc) is 3.75. The first-order valence-electron chi connectivity index (χ1n) is 24.6. The van der Waals surface area contributed by atoms with Crippen molar-refractivity contribution < 1.29 is 18.6 Å². The number of alkyl halides is 1. The highest BCUT2D eigenvalue weighted by atomic mass is 79.9. The minimum absolute atomic E-state index is 0.271. The minimum Gasteiger partial charge on any atom is -0.399 e. The number of allylic oxidation sites excluding steroid dienone is 4. The molecule has 4 aromatic carbocycles. The van der Waals surface area contributed by atoms with Crippen LogP contribution in [0.15, 0.2) is 101 Å². The van der Waals surface area contributed by atoms with Crippen molar-refractivity contribution in [1.82, 2.24) is 0 Å². The summed E-state index contributed by atoms with van der Waals surface area (Å²) in [5.74, 6) is 0. The maximum atomic E-state index is 6.56.